The van der Waals surface area contributed by atoms with Crippen LogP contribution in [0.3, 0.4) is 0 Å². The second kappa shape index (κ2) is 10.2. The maximum atomic E-state index is 13.4. The van der Waals surface area contributed by atoms with Crippen LogP contribution in [0.25, 0.3) is 22.4 Å². The highest BCUT2D eigenvalue weighted by molar-refractivity contribution is 6.30. The van der Waals surface area contributed by atoms with Gasteiger partial charge in [-0.15, -0.1) is 0 Å². The number of hydrogen-bond donors (Lipinski definition) is 0. The van der Waals surface area contributed by atoms with Crippen molar-refractivity contribution in [3.63, 3.8) is 0 Å². The van der Waals surface area contributed by atoms with Crippen LogP contribution in [0.1, 0.15) is 35.6 Å². The van der Waals surface area contributed by atoms with Gasteiger partial charge < -0.3 is 14.3 Å². The number of benzene rings is 2. The molecular weight excluding hydrogens is 519 g/mol. The summed E-state index contributed by atoms with van der Waals surface area (Å²) in [7, 11) is 0. The van der Waals surface area contributed by atoms with Gasteiger partial charge in [0.2, 0.25) is 0 Å². The molecule has 2 aromatic carbocycles. The van der Waals surface area contributed by atoms with Crippen LogP contribution in [0.4, 0.5) is 19.0 Å². The predicted molar refractivity (Wildman–Crippen MR) is 138 cm³/mol. The van der Waals surface area contributed by atoms with E-state index in [2.05, 4.69) is 10.1 Å². The number of fused-ring (bicyclic) bond motifs is 1. The van der Waals surface area contributed by atoms with Crippen LogP contribution in [0, 0.1) is 5.92 Å². The molecule has 1 saturated heterocycles. The first-order chi connectivity index (χ1) is 18.1. The van der Waals surface area contributed by atoms with E-state index in [9.17, 15) is 18.0 Å². The van der Waals surface area contributed by atoms with Crippen molar-refractivity contribution in [2.45, 2.75) is 26.4 Å². The average Bonchev–Trinajstić information content (AvgIpc) is 3.32. The number of rotatable bonds is 5. The summed E-state index contributed by atoms with van der Waals surface area (Å²) in [6, 6.07) is 11.7. The molecule has 0 spiro atoms. The number of nitrogens with zero attached hydrogens (tertiary/aromatic N) is 5. The number of alkyl halides is 3. The quantitative estimate of drug-likeness (QED) is 0.302. The van der Waals surface area contributed by atoms with E-state index in [-0.39, 0.29) is 28.8 Å². The Hall–Kier alpha value is -3.66. The zero-order chi connectivity index (χ0) is 27.0. The van der Waals surface area contributed by atoms with Gasteiger partial charge in [-0.25, -0.2) is 4.98 Å². The third-order valence-electron chi connectivity index (χ3n) is 6.37. The molecule has 7 nitrogen and oxygen atoms in total. The Morgan fingerprint density at radius 1 is 1.05 bits per heavy atom. The van der Waals surface area contributed by atoms with E-state index in [1.54, 1.807) is 35.2 Å². The average molecular weight is 544 g/mol. The van der Waals surface area contributed by atoms with E-state index in [0.29, 0.717) is 60.2 Å². The molecule has 0 radical (unpaired) electrons. The van der Waals surface area contributed by atoms with E-state index < -0.39 is 11.7 Å². The molecule has 2 aromatic heterocycles. The van der Waals surface area contributed by atoms with Crippen molar-refractivity contribution in [1.82, 2.24) is 20.0 Å². The van der Waals surface area contributed by atoms with Gasteiger partial charge in [-0.2, -0.15) is 18.2 Å². The minimum Gasteiger partial charge on any atom is -0.352 e. The molecule has 0 N–H and O–H groups in total. The Labute approximate surface area is 222 Å². The molecule has 0 atom stereocenters. The monoisotopic (exact) mass is 543 g/mol. The summed E-state index contributed by atoms with van der Waals surface area (Å²) in [4.78, 5) is 26.1. The maximum absolute atomic E-state index is 13.4. The van der Waals surface area contributed by atoms with Gasteiger partial charge in [-0.05, 0) is 42.3 Å². The molecule has 198 valence electrons. The van der Waals surface area contributed by atoms with Gasteiger partial charge in [0.05, 0.1) is 5.56 Å². The van der Waals surface area contributed by atoms with Gasteiger partial charge >= 0.3 is 6.18 Å². The SMILES string of the molecule is CC(C)Cc1nc(N2CCN(C(=O)c3ccc(Cl)cc3)CC2)c2c(-c3cccc(C(F)(F)F)c3)noc2n1. The lowest BCUT2D eigenvalue weighted by atomic mass is 10.0. The van der Waals surface area contributed by atoms with Crippen LogP contribution in [-0.2, 0) is 12.6 Å². The Kier molecular flexibility index (Phi) is 7.00. The van der Waals surface area contributed by atoms with Gasteiger partial charge in [0.15, 0.2) is 0 Å². The molecule has 3 heterocycles. The molecule has 11 heteroatoms. The Bertz CT molecular complexity index is 1460. The fraction of sp³-hybridized carbons (Fsp3) is 0.333. The molecule has 0 unspecified atom stereocenters. The summed E-state index contributed by atoms with van der Waals surface area (Å²) in [6.07, 6.45) is -3.90. The molecule has 1 aliphatic heterocycles. The lowest BCUT2D eigenvalue weighted by Gasteiger charge is -2.35. The molecule has 1 aliphatic rings. The molecule has 0 aliphatic carbocycles. The van der Waals surface area contributed by atoms with E-state index in [0.717, 1.165) is 12.1 Å². The number of hydrogen-bond acceptors (Lipinski definition) is 6. The minimum absolute atomic E-state index is 0.0933. The van der Waals surface area contributed by atoms with Gasteiger partial charge in [-0.1, -0.05) is 42.7 Å². The number of carbonyl (C=O) groups is 1. The Morgan fingerprint density at radius 2 is 1.76 bits per heavy atom. The second-order valence-corrected chi connectivity index (χ2v) is 10.1. The molecular formula is C27H25ClF3N5O2. The van der Waals surface area contributed by atoms with Crippen LogP contribution in [0.15, 0.2) is 53.1 Å². The fourth-order valence-corrected chi connectivity index (χ4v) is 4.63. The van der Waals surface area contributed by atoms with Gasteiger partial charge in [-0.3, -0.25) is 4.79 Å². The second-order valence-electron chi connectivity index (χ2n) is 9.64. The van der Waals surface area contributed by atoms with Crippen molar-refractivity contribution < 1.29 is 22.5 Å². The third-order valence-corrected chi connectivity index (χ3v) is 6.63. The molecule has 38 heavy (non-hydrogen) atoms. The topological polar surface area (TPSA) is 75.4 Å². The van der Waals surface area contributed by atoms with Crippen LogP contribution in [0.5, 0.6) is 0 Å². The molecule has 4 aromatic rings. The van der Waals surface area contributed by atoms with Crippen LogP contribution >= 0.6 is 11.6 Å². The van der Waals surface area contributed by atoms with Gasteiger partial charge in [0.25, 0.3) is 11.6 Å². The summed E-state index contributed by atoms with van der Waals surface area (Å²) < 4.78 is 45.7. The third kappa shape index (κ3) is 5.31. The van der Waals surface area contributed by atoms with Crippen LogP contribution < -0.4 is 4.90 Å². The lowest BCUT2D eigenvalue weighted by molar-refractivity contribution is -0.137. The van der Waals surface area contributed by atoms with Crippen molar-refractivity contribution in [1.29, 1.82) is 0 Å². The number of aromatic nitrogens is 3. The normalized spacial score (nSPS) is 14.5. The smallest absolute Gasteiger partial charge is 0.352 e. The summed E-state index contributed by atoms with van der Waals surface area (Å²) in [5.41, 5.74) is 0.503. The highest BCUT2D eigenvalue weighted by atomic mass is 35.5. The van der Waals surface area contributed by atoms with Crippen molar-refractivity contribution in [2.24, 2.45) is 5.92 Å². The number of amides is 1. The maximum Gasteiger partial charge on any atom is 0.416 e. The van der Waals surface area contributed by atoms with Crippen LogP contribution in [-0.4, -0.2) is 52.1 Å². The van der Waals surface area contributed by atoms with Crippen molar-refractivity contribution in [3.8, 4) is 11.3 Å². The van der Waals surface area contributed by atoms with Gasteiger partial charge in [0, 0.05) is 48.7 Å². The lowest BCUT2D eigenvalue weighted by Crippen LogP contribution is -2.49. The van der Waals surface area contributed by atoms with Crippen molar-refractivity contribution in [2.75, 3.05) is 31.1 Å². The standard InChI is InChI=1S/C27H25ClF3N5O2/c1-16(2)14-21-32-24(35-10-12-36(13-11-35)26(37)17-6-8-20(28)9-7-17)22-23(34-38-25(22)33-21)18-4-3-5-19(15-18)27(29,30)31/h3-9,15-16H,10-14H2,1-2H3. The predicted octanol–water partition coefficient (Wildman–Crippen LogP) is 6.12. The zero-order valence-corrected chi connectivity index (χ0v) is 21.6. The molecule has 1 amide bonds. The molecule has 0 saturated carbocycles. The van der Waals surface area contributed by atoms with E-state index in [1.807, 2.05) is 18.7 Å². The summed E-state index contributed by atoms with van der Waals surface area (Å²) in [5.74, 6) is 1.29. The highest BCUT2D eigenvalue weighted by Gasteiger charge is 2.32. The summed E-state index contributed by atoms with van der Waals surface area (Å²) in [5, 5.41) is 5.12. The number of piperazine rings is 1. The molecule has 1 fully saturated rings. The van der Waals surface area contributed by atoms with E-state index in [1.165, 1.54) is 6.07 Å². The minimum atomic E-state index is -4.49. The first-order valence-corrected chi connectivity index (χ1v) is 12.6. The summed E-state index contributed by atoms with van der Waals surface area (Å²) in [6.45, 7) is 5.92. The highest BCUT2D eigenvalue weighted by Crippen LogP contribution is 2.37. The largest absolute Gasteiger partial charge is 0.416 e. The number of carbonyl (C=O) groups excluding carboxylic acids is 1. The van der Waals surface area contributed by atoms with Gasteiger partial charge in [0.1, 0.15) is 22.7 Å². The Balaban J connectivity index is 1.49. The van der Waals surface area contributed by atoms with Crippen molar-refractivity contribution >= 4 is 34.4 Å². The Morgan fingerprint density at radius 3 is 2.42 bits per heavy atom. The number of halogens is 4. The first-order valence-electron chi connectivity index (χ1n) is 12.2. The zero-order valence-electron chi connectivity index (χ0n) is 20.8. The van der Waals surface area contributed by atoms with Crippen LogP contribution in [0.2, 0.25) is 5.02 Å². The molecule has 5 rings (SSSR count). The van der Waals surface area contributed by atoms with Crippen molar-refractivity contribution in [3.05, 3.63) is 70.5 Å². The fourth-order valence-electron chi connectivity index (χ4n) is 4.50. The summed E-state index contributed by atoms with van der Waals surface area (Å²) >= 11 is 5.95. The number of anilines is 1. The van der Waals surface area contributed by atoms with E-state index >= 15 is 0 Å². The van der Waals surface area contributed by atoms with E-state index in [4.69, 9.17) is 21.1 Å². The first kappa shape index (κ1) is 26.0. The molecule has 0 bridgehead atoms.